The summed E-state index contributed by atoms with van der Waals surface area (Å²) in [4.78, 5) is 17.4. The number of hydrogen-bond acceptors (Lipinski definition) is 3. The summed E-state index contributed by atoms with van der Waals surface area (Å²) < 4.78 is 44.4. The van der Waals surface area contributed by atoms with Crippen LogP contribution in [0.4, 0.5) is 13.2 Å². The molecule has 0 saturated carbocycles. The Bertz CT molecular complexity index is 694. The van der Waals surface area contributed by atoms with Crippen LogP contribution < -0.4 is 0 Å². The zero-order valence-electron chi connectivity index (χ0n) is 11.6. The SMILES string of the molecule is O=C(c1ccncc1C(F)(F)F)N1CCCc2occc2C1. The minimum atomic E-state index is -4.61. The molecule has 0 aromatic carbocycles. The molecule has 1 aliphatic heterocycles. The van der Waals surface area contributed by atoms with Crippen LogP contribution in [0, 0.1) is 0 Å². The van der Waals surface area contributed by atoms with Crippen LogP contribution in [0.1, 0.15) is 33.7 Å². The van der Waals surface area contributed by atoms with E-state index in [0.717, 1.165) is 17.4 Å². The molecule has 0 fully saturated rings. The molecule has 22 heavy (non-hydrogen) atoms. The van der Waals surface area contributed by atoms with E-state index in [-0.39, 0.29) is 12.1 Å². The van der Waals surface area contributed by atoms with E-state index in [2.05, 4.69) is 4.98 Å². The highest BCUT2D eigenvalue weighted by Crippen LogP contribution is 2.32. The third-order valence-corrected chi connectivity index (χ3v) is 3.67. The molecule has 1 aliphatic rings. The van der Waals surface area contributed by atoms with Crippen LogP contribution >= 0.6 is 0 Å². The maximum Gasteiger partial charge on any atom is 0.418 e. The number of hydrogen-bond donors (Lipinski definition) is 0. The van der Waals surface area contributed by atoms with Crippen molar-refractivity contribution < 1.29 is 22.4 Å². The van der Waals surface area contributed by atoms with Crippen molar-refractivity contribution in [3.63, 3.8) is 0 Å². The van der Waals surface area contributed by atoms with Crippen molar-refractivity contribution >= 4 is 5.91 Å². The lowest BCUT2D eigenvalue weighted by molar-refractivity contribution is -0.138. The highest BCUT2D eigenvalue weighted by Gasteiger charge is 2.36. The van der Waals surface area contributed by atoms with Crippen molar-refractivity contribution in [3.8, 4) is 0 Å². The average molecular weight is 310 g/mol. The van der Waals surface area contributed by atoms with E-state index < -0.39 is 17.6 Å². The first-order valence-corrected chi connectivity index (χ1v) is 6.82. The predicted octanol–water partition coefficient (Wildman–Crippen LogP) is 3.28. The zero-order valence-corrected chi connectivity index (χ0v) is 11.6. The van der Waals surface area contributed by atoms with Gasteiger partial charge in [0.2, 0.25) is 0 Å². The van der Waals surface area contributed by atoms with Gasteiger partial charge in [-0.1, -0.05) is 0 Å². The number of aryl methyl sites for hydroxylation is 1. The molecule has 2 aromatic rings. The molecule has 1 amide bonds. The molecule has 0 N–H and O–H groups in total. The van der Waals surface area contributed by atoms with Crippen LogP contribution in [0.3, 0.4) is 0 Å². The second-order valence-corrected chi connectivity index (χ2v) is 5.12. The van der Waals surface area contributed by atoms with Gasteiger partial charge in [0.25, 0.3) is 5.91 Å². The van der Waals surface area contributed by atoms with Crippen LogP contribution in [0.25, 0.3) is 0 Å². The number of amides is 1. The standard InChI is InChI=1S/C15H13F3N2O2/c16-15(17,18)12-8-19-5-3-11(12)14(21)20-6-1-2-13-10(9-20)4-7-22-13/h3-5,7-8H,1-2,6,9H2. The largest absolute Gasteiger partial charge is 0.469 e. The van der Waals surface area contributed by atoms with E-state index in [1.165, 1.54) is 17.4 Å². The smallest absolute Gasteiger partial charge is 0.418 e. The van der Waals surface area contributed by atoms with Crippen molar-refractivity contribution in [2.45, 2.75) is 25.6 Å². The van der Waals surface area contributed by atoms with E-state index in [0.29, 0.717) is 25.6 Å². The Balaban J connectivity index is 1.92. The first-order valence-electron chi connectivity index (χ1n) is 6.82. The molecule has 3 heterocycles. The lowest BCUT2D eigenvalue weighted by Gasteiger charge is -2.22. The lowest BCUT2D eigenvalue weighted by atomic mass is 10.1. The highest BCUT2D eigenvalue weighted by atomic mass is 19.4. The lowest BCUT2D eigenvalue weighted by Crippen LogP contribution is -2.32. The van der Waals surface area contributed by atoms with E-state index in [4.69, 9.17) is 4.42 Å². The summed E-state index contributed by atoms with van der Waals surface area (Å²) in [7, 11) is 0. The Morgan fingerprint density at radius 2 is 2.14 bits per heavy atom. The van der Waals surface area contributed by atoms with Crippen molar-refractivity contribution in [2.24, 2.45) is 0 Å². The average Bonchev–Trinajstić information content (AvgIpc) is 2.83. The Morgan fingerprint density at radius 3 is 2.91 bits per heavy atom. The molecule has 0 bridgehead atoms. The number of nitrogens with zero attached hydrogens (tertiary/aromatic N) is 2. The summed E-state index contributed by atoms with van der Waals surface area (Å²) in [6, 6.07) is 2.87. The third kappa shape index (κ3) is 2.70. The fraction of sp³-hybridized carbons (Fsp3) is 0.333. The molecule has 0 aliphatic carbocycles. The fourth-order valence-electron chi connectivity index (χ4n) is 2.59. The Hall–Kier alpha value is -2.31. The molecule has 116 valence electrons. The zero-order chi connectivity index (χ0) is 15.7. The molecule has 7 heteroatoms. The second kappa shape index (κ2) is 5.47. The van der Waals surface area contributed by atoms with Crippen molar-refractivity contribution in [1.82, 2.24) is 9.88 Å². The van der Waals surface area contributed by atoms with Crippen LogP contribution in [0.5, 0.6) is 0 Å². The summed E-state index contributed by atoms with van der Waals surface area (Å²) in [5.74, 6) is 0.157. The van der Waals surface area contributed by atoms with E-state index in [1.54, 1.807) is 6.07 Å². The number of fused-ring (bicyclic) bond motifs is 1. The van der Waals surface area contributed by atoms with Gasteiger partial charge in [-0.15, -0.1) is 0 Å². The van der Waals surface area contributed by atoms with Gasteiger partial charge in [-0.25, -0.2) is 0 Å². The van der Waals surface area contributed by atoms with E-state index in [9.17, 15) is 18.0 Å². The fourth-order valence-corrected chi connectivity index (χ4v) is 2.59. The van der Waals surface area contributed by atoms with E-state index >= 15 is 0 Å². The minimum Gasteiger partial charge on any atom is -0.469 e. The molecule has 0 unspecified atom stereocenters. The second-order valence-electron chi connectivity index (χ2n) is 5.12. The molecule has 0 radical (unpaired) electrons. The van der Waals surface area contributed by atoms with Crippen molar-refractivity contribution in [2.75, 3.05) is 6.54 Å². The molecular weight excluding hydrogens is 297 g/mol. The van der Waals surface area contributed by atoms with Crippen LogP contribution in [-0.4, -0.2) is 22.3 Å². The number of pyridine rings is 1. The van der Waals surface area contributed by atoms with Gasteiger partial charge in [0.1, 0.15) is 5.76 Å². The number of carbonyl (C=O) groups excluding carboxylic acids is 1. The van der Waals surface area contributed by atoms with Gasteiger partial charge in [-0.3, -0.25) is 9.78 Å². The molecule has 0 spiro atoms. The normalized spacial score (nSPS) is 15.3. The molecular formula is C15H13F3N2O2. The first-order chi connectivity index (χ1) is 10.5. The number of alkyl halides is 3. The Labute approximate surface area is 124 Å². The van der Waals surface area contributed by atoms with Gasteiger partial charge >= 0.3 is 6.18 Å². The van der Waals surface area contributed by atoms with Gasteiger partial charge in [0.15, 0.2) is 0 Å². The van der Waals surface area contributed by atoms with Gasteiger partial charge in [0.05, 0.1) is 17.4 Å². The monoisotopic (exact) mass is 310 g/mol. The molecule has 0 atom stereocenters. The van der Waals surface area contributed by atoms with Gasteiger partial charge < -0.3 is 9.32 Å². The first kappa shape index (κ1) is 14.6. The molecule has 4 nitrogen and oxygen atoms in total. The van der Waals surface area contributed by atoms with Crippen molar-refractivity contribution in [1.29, 1.82) is 0 Å². The van der Waals surface area contributed by atoms with Crippen LogP contribution in [0.2, 0.25) is 0 Å². The molecule has 0 saturated heterocycles. The number of furan rings is 1. The summed E-state index contributed by atoms with van der Waals surface area (Å²) in [6.07, 6.45) is 0.142. The van der Waals surface area contributed by atoms with Gasteiger partial charge in [-0.2, -0.15) is 13.2 Å². The Kier molecular flexibility index (Phi) is 3.64. The topological polar surface area (TPSA) is 46.3 Å². The number of aromatic nitrogens is 1. The predicted molar refractivity (Wildman–Crippen MR) is 71.0 cm³/mol. The summed E-state index contributed by atoms with van der Waals surface area (Å²) >= 11 is 0. The maximum atomic E-state index is 13.0. The van der Waals surface area contributed by atoms with Crippen molar-refractivity contribution in [3.05, 3.63) is 53.2 Å². The quantitative estimate of drug-likeness (QED) is 0.812. The van der Waals surface area contributed by atoms with E-state index in [1.807, 2.05) is 0 Å². The third-order valence-electron chi connectivity index (χ3n) is 3.67. The van der Waals surface area contributed by atoms with Crippen LogP contribution in [-0.2, 0) is 19.1 Å². The maximum absolute atomic E-state index is 13.0. The highest BCUT2D eigenvalue weighted by molar-refractivity contribution is 5.95. The summed E-state index contributed by atoms with van der Waals surface area (Å²) in [5.41, 5.74) is -0.528. The summed E-state index contributed by atoms with van der Waals surface area (Å²) in [5, 5.41) is 0. The van der Waals surface area contributed by atoms with Gasteiger partial charge in [0, 0.05) is 37.5 Å². The Morgan fingerprint density at radius 1 is 1.32 bits per heavy atom. The minimum absolute atomic E-state index is 0.254. The number of carbonyl (C=O) groups is 1. The summed E-state index contributed by atoms with van der Waals surface area (Å²) in [6.45, 7) is 0.646. The van der Waals surface area contributed by atoms with Crippen LogP contribution in [0.15, 0.2) is 35.2 Å². The molecule has 2 aromatic heterocycles. The molecule has 3 rings (SSSR count). The number of halogens is 3. The van der Waals surface area contributed by atoms with Gasteiger partial charge in [-0.05, 0) is 18.6 Å². The number of rotatable bonds is 1.